The fourth-order valence-electron chi connectivity index (χ4n) is 1.91. The molecule has 0 amide bonds. The number of rotatable bonds is 5. The van der Waals surface area contributed by atoms with Gasteiger partial charge in [0.2, 0.25) is 5.95 Å². The summed E-state index contributed by atoms with van der Waals surface area (Å²) in [5.41, 5.74) is 1.35. The van der Waals surface area contributed by atoms with Crippen molar-refractivity contribution in [3.63, 3.8) is 0 Å². The van der Waals surface area contributed by atoms with Gasteiger partial charge in [-0.15, -0.1) is 0 Å². The largest absolute Gasteiger partial charge is 0.391 e. The van der Waals surface area contributed by atoms with Crippen molar-refractivity contribution < 1.29 is 9.50 Å². The highest BCUT2D eigenvalue weighted by molar-refractivity contribution is 5.77. The summed E-state index contributed by atoms with van der Waals surface area (Å²) in [4.78, 5) is 7.23. The van der Waals surface area contributed by atoms with Crippen LogP contribution in [0.5, 0.6) is 0 Å². The lowest BCUT2D eigenvalue weighted by molar-refractivity contribution is 0.161. The highest BCUT2D eigenvalue weighted by atomic mass is 19.1. The van der Waals surface area contributed by atoms with E-state index in [1.54, 1.807) is 6.07 Å². The van der Waals surface area contributed by atoms with Gasteiger partial charge in [0.05, 0.1) is 17.1 Å². The third-order valence-electron chi connectivity index (χ3n) is 2.69. The Labute approximate surface area is 105 Å². The maximum atomic E-state index is 13.0. The number of halogens is 1. The van der Waals surface area contributed by atoms with Crippen LogP contribution in [0.25, 0.3) is 11.0 Å². The normalized spacial score (nSPS) is 13.2. The van der Waals surface area contributed by atoms with Crippen molar-refractivity contribution >= 4 is 17.0 Å². The molecule has 0 aliphatic carbocycles. The number of benzene rings is 1. The summed E-state index contributed by atoms with van der Waals surface area (Å²) in [6.07, 6.45) is 0.330. The zero-order valence-electron chi connectivity index (χ0n) is 10.6. The number of H-pyrrole nitrogens is 1. The number of nitrogens with zero attached hydrogens (tertiary/aromatic N) is 1. The standard InChI is InChI=1S/C13H18FN3O/c1-8(2)5-10(18)7-15-13-16-11-4-3-9(14)6-12(11)17-13/h3-4,6,8,10,18H,5,7H2,1-2H3,(H2,15,16,17). The molecule has 18 heavy (non-hydrogen) atoms. The zero-order chi connectivity index (χ0) is 13.1. The molecular weight excluding hydrogens is 233 g/mol. The quantitative estimate of drug-likeness (QED) is 0.765. The van der Waals surface area contributed by atoms with E-state index < -0.39 is 6.10 Å². The minimum Gasteiger partial charge on any atom is -0.391 e. The van der Waals surface area contributed by atoms with Crippen LogP contribution in [0.3, 0.4) is 0 Å². The summed E-state index contributed by atoms with van der Waals surface area (Å²) in [6, 6.07) is 4.40. The van der Waals surface area contributed by atoms with Crippen molar-refractivity contribution in [2.24, 2.45) is 5.92 Å². The highest BCUT2D eigenvalue weighted by Gasteiger charge is 2.08. The van der Waals surface area contributed by atoms with Crippen LogP contribution in [0.15, 0.2) is 18.2 Å². The molecule has 0 radical (unpaired) electrons. The van der Waals surface area contributed by atoms with Crippen LogP contribution in [0.1, 0.15) is 20.3 Å². The Kier molecular flexibility index (Phi) is 3.81. The number of hydrogen-bond acceptors (Lipinski definition) is 3. The predicted molar refractivity (Wildman–Crippen MR) is 70.0 cm³/mol. The number of aliphatic hydroxyl groups excluding tert-OH is 1. The summed E-state index contributed by atoms with van der Waals surface area (Å²) in [7, 11) is 0. The molecule has 0 aliphatic heterocycles. The van der Waals surface area contributed by atoms with Crippen molar-refractivity contribution in [3.8, 4) is 0 Å². The van der Waals surface area contributed by atoms with Crippen LogP contribution in [-0.2, 0) is 0 Å². The first-order chi connectivity index (χ1) is 8.54. The number of imidazole rings is 1. The van der Waals surface area contributed by atoms with E-state index in [1.165, 1.54) is 12.1 Å². The Morgan fingerprint density at radius 1 is 1.44 bits per heavy atom. The Hall–Kier alpha value is -1.62. The van der Waals surface area contributed by atoms with E-state index in [0.717, 1.165) is 6.42 Å². The second-order valence-electron chi connectivity index (χ2n) is 4.91. The van der Waals surface area contributed by atoms with Gasteiger partial charge in [0.25, 0.3) is 0 Å². The monoisotopic (exact) mass is 251 g/mol. The molecular formula is C13H18FN3O. The summed E-state index contributed by atoms with van der Waals surface area (Å²) in [5.74, 6) is 0.711. The first-order valence-corrected chi connectivity index (χ1v) is 6.12. The molecule has 1 unspecified atom stereocenters. The van der Waals surface area contributed by atoms with Crippen LogP contribution < -0.4 is 5.32 Å². The zero-order valence-corrected chi connectivity index (χ0v) is 10.6. The molecule has 5 heteroatoms. The predicted octanol–water partition coefficient (Wildman–Crippen LogP) is 2.52. The minimum atomic E-state index is -0.407. The number of hydrogen-bond donors (Lipinski definition) is 3. The van der Waals surface area contributed by atoms with Gasteiger partial charge in [-0.2, -0.15) is 0 Å². The van der Waals surface area contributed by atoms with Gasteiger partial charge < -0.3 is 15.4 Å². The van der Waals surface area contributed by atoms with E-state index in [0.29, 0.717) is 29.4 Å². The molecule has 4 nitrogen and oxygen atoms in total. The lowest BCUT2D eigenvalue weighted by Gasteiger charge is -2.13. The van der Waals surface area contributed by atoms with Crippen LogP contribution in [0.2, 0.25) is 0 Å². The molecule has 1 atom stereocenters. The lowest BCUT2D eigenvalue weighted by atomic mass is 10.1. The van der Waals surface area contributed by atoms with Gasteiger partial charge in [-0.25, -0.2) is 9.37 Å². The minimum absolute atomic E-state index is 0.294. The maximum absolute atomic E-state index is 13.0. The van der Waals surface area contributed by atoms with Crippen molar-refractivity contribution in [1.29, 1.82) is 0 Å². The molecule has 2 rings (SSSR count). The van der Waals surface area contributed by atoms with E-state index in [2.05, 4.69) is 29.1 Å². The van der Waals surface area contributed by atoms with Crippen molar-refractivity contribution in [3.05, 3.63) is 24.0 Å². The van der Waals surface area contributed by atoms with Gasteiger partial charge in [0, 0.05) is 6.54 Å². The van der Waals surface area contributed by atoms with Gasteiger partial charge >= 0.3 is 0 Å². The van der Waals surface area contributed by atoms with E-state index in [4.69, 9.17) is 0 Å². The van der Waals surface area contributed by atoms with Crippen molar-refractivity contribution in [2.75, 3.05) is 11.9 Å². The third kappa shape index (κ3) is 3.20. The second-order valence-corrected chi connectivity index (χ2v) is 4.91. The Morgan fingerprint density at radius 3 is 2.94 bits per heavy atom. The molecule has 0 fully saturated rings. The number of aliphatic hydroxyl groups is 1. The number of fused-ring (bicyclic) bond motifs is 1. The molecule has 98 valence electrons. The Morgan fingerprint density at radius 2 is 2.22 bits per heavy atom. The number of anilines is 1. The van der Waals surface area contributed by atoms with Crippen LogP contribution in [0.4, 0.5) is 10.3 Å². The SMILES string of the molecule is CC(C)CC(O)CNc1nc2ccc(F)cc2[nH]1. The molecule has 0 saturated heterocycles. The molecule has 0 aliphatic rings. The molecule has 0 saturated carbocycles. The summed E-state index contributed by atoms with van der Waals surface area (Å²) < 4.78 is 13.0. The van der Waals surface area contributed by atoms with E-state index in [9.17, 15) is 9.50 Å². The number of aromatic amines is 1. The smallest absolute Gasteiger partial charge is 0.201 e. The van der Waals surface area contributed by atoms with Crippen molar-refractivity contribution in [1.82, 2.24) is 9.97 Å². The molecule has 1 aromatic carbocycles. The van der Waals surface area contributed by atoms with Crippen LogP contribution in [-0.4, -0.2) is 27.7 Å². The van der Waals surface area contributed by atoms with Gasteiger partial charge in [0.1, 0.15) is 5.82 Å². The first-order valence-electron chi connectivity index (χ1n) is 6.12. The topological polar surface area (TPSA) is 60.9 Å². The fourth-order valence-corrected chi connectivity index (χ4v) is 1.91. The first kappa shape index (κ1) is 12.8. The Balaban J connectivity index is 1.99. The molecule has 0 spiro atoms. The summed E-state index contributed by atoms with van der Waals surface area (Å²) >= 11 is 0. The molecule has 2 aromatic rings. The average molecular weight is 251 g/mol. The summed E-state index contributed by atoms with van der Waals surface area (Å²) in [5, 5.41) is 12.8. The Bertz CT molecular complexity index is 524. The van der Waals surface area contributed by atoms with E-state index in [1.807, 2.05) is 0 Å². The molecule has 3 N–H and O–H groups in total. The lowest BCUT2D eigenvalue weighted by Crippen LogP contribution is -2.21. The van der Waals surface area contributed by atoms with Gasteiger partial charge in [-0.1, -0.05) is 13.8 Å². The van der Waals surface area contributed by atoms with Gasteiger partial charge in [-0.3, -0.25) is 0 Å². The number of aromatic nitrogens is 2. The average Bonchev–Trinajstić information content (AvgIpc) is 2.67. The fraction of sp³-hybridized carbons (Fsp3) is 0.462. The highest BCUT2D eigenvalue weighted by Crippen LogP contribution is 2.15. The molecule has 1 heterocycles. The molecule has 0 bridgehead atoms. The van der Waals surface area contributed by atoms with Crippen LogP contribution >= 0.6 is 0 Å². The van der Waals surface area contributed by atoms with Gasteiger partial charge in [0.15, 0.2) is 0 Å². The van der Waals surface area contributed by atoms with Crippen molar-refractivity contribution in [2.45, 2.75) is 26.4 Å². The number of nitrogens with one attached hydrogen (secondary N) is 2. The molecule has 1 aromatic heterocycles. The second kappa shape index (κ2) is 5.35. The van der Waals surface area contributed by atoms with E-state index in [-0.39, 0.29) is 5.82 Å². The van der Waals surface area contributed by atoms with Crippen LogP contribution in [0, 0.1) is 11.7 Å². The summed E-state index contributed by atoms with van der Waals surface area (Å²) in [6.45, 7) is 4.56. The van der Waals surface area contributed by atoms with Gasteiger partial charge in [-0.05, 0) is 30.5 Å². The van der Waals surface area contributed by atoms with E-state index >= 15 is 0 Å². The third-order valence-corrected chi connectivity index (χ3v) is 2.69. The maximum Gasteiger partial charge on any atom is 0.201 e.